The molecular weight excluding hydrogens is 143 g/mol. The van der Waals surface area contributed by atoms with Crippen molar-refractivity contribution < 1.29 is 0 Å². The van der Waals surface area contributed by atoms with E-state index in [0.29, 0.717) is 4.49 Å². The van der Waals surface area contributed by atoms with Crippen molar-refractivity contribution in [3.63, 3.8) is 0 Å². The summed E-state index contributed by atoms with van der Waals surface area (Å²) in [7, 11) is 0. The van der Waals surface area contributed by atoms with Crippen LogP contribution in [0.4, 0.5) is 0 Å². The molecule has 0 aliphatic rings. The fourth-order valence-corrected chi connectivity index (χ4v) is 0.600. The van der Waals surface area contributed by atoms with Gasteiger partial charge in [-0.3, -0.25) is 0 Å². The molecule has 0 nitrogen and oxygen atoms in total. The van der Waals surface area contributed by atoms with E-state index in [4.69, 9.17) is 23.2 Å². The fraction of sp³-hybridized carbons (Fsp3) is 0.333. The smallest absolute Gasteiger partial charge is 0.0846 e. The average molecular weight is 151 g/mol. The molecule has 0 bridgehead atoms. The van der Waals surface area contributed by atoms with Crippen LogP contribution in [0.2, 0.25) is 0 Å². The van der Waals surface area contributed by atoms with Gasteiger partial charge in [0.25, 0.3) is 0 Å². The molecule has 2 heteroatoms. The largest absolute Gasteiger partial charge is 0.107 e. The highest BCUT2D eigenvalue weighted by atomic mass is 35.5. The molecule has 0 saturated carbocycles. The molecule has 0 fully saturated rings. The molecular formula is C6H8Cl2. The Labute approximate surface area is 59.8 Å². The van der Waals surface area contributed by atoms with E-state index in [2.05, 4.69) is 0 Å². The Bertz CT molecular complexity index is 118. The maximum atomic E-state index is 5.34. The van der Waals surface area contributed by atoms with Crippen LogP contribution in [0.25, 0.3) is 0 Å². The van der Waals surface area contributed by atoms with Crippen LogP contribution in [0.1, 0.15) is 13.8 Å². The Morgan fingerprint density at radius 1 is 1.38 bits per heavy atom. The molecule has 0 aromatic carbocycles. The Hall–Kier alpha value is 0.0600. The Morgan fingerprint density at radius 2 is 1.88 bits per heavy atom. The van der Waals surface area contributed by atoms with E-state index in [1.807, 2.05) is 19.9 Å². The van der Waals surface area contributed by atoms with E-state index in [1.165, 1.54) is 0 Å². The van der Waals surface area contributed by atoms with Crippen LogP contribution in [0.15, 0.2) is 22.2 Å². The third kappa shape index (κ3) is 4.23. The Morgan fingerprint density at radius 3 is 2.00 bits per heavy atom. The Balaban J connectivity index is 3.89. The summed E-state index contributed by atoms with van der Waals surface area (Å²) in [6, 6.07) is 0. The van der Waals surface area contributed by atoms with Gasteiger partial charge in [0.05, 0.1) is 0 Å². The van der Waals surface area contributed by atoms with Crippen LogP contribution in [-0.4, -0.2) is 0 Å². The lowest BCUT2D eigenvalue weighted by atomic mass is 10.3. The van der Waals surface area contributed by atoms with E-state index in [-0.39, 0.29) is 0 Å². The molecule has 0 rings (SSSR count). The van der Waals surface area contributed by atoms with Crippen molar-refractivity contribution >= 4 is 23.2 Å². The monoisotopic (exact) mass is 150 g/mol. The molecule has 0 radical (unpaired) electrons. The topological polar surface area (TPSA) is 0 Å². The van der Waals surface area contributed by atoms with Gasteiger partial charge < -0.3 is 0 Å². The third-order valence-corrected chi connectivity index (χ3v) is 1.01. The highest BCUT2D eigenvalue weighted by molar-refractivity contribution is 6.56. The lowest BCUT2D eigenvalue weighted by Crippen LogP contribution is -1.63. The SMILES string of the molecule is C/C=C(\C)C=C(Cl)Cl. The van der Waals surface area contributed by atoms with Crippen molar-refractivity contribution in [3.8, 4) is 0 Å². The third-order valence-electron chi connectivity index (χ3n) is 0.792. The summed E-state index contributed by atoms with van der Waals surface area (Å²) in [5, 5.41) is 0. The minimum Gasteiger partial charge on any atom is -0.0846 e. The van der Waals surface area contributed by atoms with Crippen molar-refractivity contribution in [2.75, 3.05) is 0 Å². The van der Waals surface area contributed by atoms with Crippen LogP contribution >= 0.6 is 23.2 Å². The molecule has 0 aliphatic carbocycles. The summed E-state index contributed by atoms with van der Waals surface area (Å²) >= 11 is 10.7. The van der Waals surface area contributed by atoms with Crippen molar-refractivity contribution in [2.45, 2.75) is 13.8 Å². The first-order valence-electron chi connectivity index (χ1n) is 2.32. The zero-order valence-corrected chi connectivity index (χ0v) is 6.42. The van der Waals surface area contributed by atoms with Crippen LogP contribution in [0.5, 0.6) is 0 Å². The van der Waals surface area contributed by atoms with Gasteiger partial charge in [0.2, 0.25) is 0 Å². The number of rotatable bonds is 1. The summed E-state index contributed by atoms with van der Waals surface area (Å²) < 4.78 is 0.306. The molecule has 0 N–H and O–H groups in total. The van der Waals surface area contributed by atoms with E-state index >= 15 is 0 Å². The maximum Gasteiger partial charge on any atom is 0.107 e. The van der Waals surface area contributed by atoms with Gasteiger partial charge in [-0.2, -0.15) is 0 Å². The van der Waals surface area contributed by atoms with E-state index < -0.39 is 0 Å². The molecule has 0 aromatic rings. The van der Waals surface area contributed by atoms with Crippen LogP contribution in [0, 0.1) is 0 Å². The van der Waals surface area contributed by atoms with E-state index in [9.17, 15) is 0 Å². The summed E-state index contributed by atoms with van der Waals surface area (Å²) in [4.78, 5) is 0. The molecule has 0 atom stereocenters. The first-order valence-corrected chi connectivity index (χ1v) is 3.08. The normalized spacial score (nSPS) is 11.2. The summed E-state index contributed by atoms with van der Waals surface area (Å²) in [6.45, 7) is 3.87. The van der Waals surface area contributed by atoms with Gasteiger partial charge in [0.1, 0.15) is 4.49 Å². The second-order valence-corrected chi connectivity index (χ2v) is 2.47. The quantitative estimate of drug-likeness (QED) is 0.504. The van der Waals surface area contributed by atoms with Crippen LogP contribution in [-0.2, 0) is 0 Å². The minimum atomic E-state index is 0.306. The van der Waals surface area contributed by atoms with E-state index in [0.717, 1.165) is 5.57 Å². The van der Waals surface area contributed by atoms with Crippen LogP contribution < -0.4 is 0 Å². The summed E-state index contributed by atoms with van der Waals surface area (Å²) in [6.07, 6.45) is 3.63. The van der Waals surface area contributed by atoms with Crippen LogP contribution in [0.3, 0.4) is 0 Å². The highest BCUT2D eigenvalue weighted by Gasteiger charge is 1.81. The average Bonchev–Trinajstić information content (AvgIpc) is 1.65. The highest BCUT2D eigenvalue weighted by Crippen LogP contribution is 2.09. The number of allylic oxidation sites excluding steroid dienone is 3. The molecule has 0 amide bonds. The standard InChI is InChI=1S/C6H8Cl2/c1-3-5(2)4-6(7)8/h3-4H,1-2H3/b5-3+. The molecule has 0 unspecified atom stereocenters. The van der Waals surface area contributed by atoms with Gasteiger partial charge in [-0.1, -0.05) is 34.9 Å². The molecule has 46 valence electrons. The van der Waals surface area contributed by atoms with Crippen molar-refractivity contribution in [1.29, 1.82) is 0 Å². The first-order chi connectivity index (χ1) is 3.66. The van der Waals surface area contributed by atoms with Gasteiger partial charge in [-0.05, 0) is 19.9 Å². The fourth-order valence-electron chi connectivity index (χ4n) is 0.255. The minimum absolute atomic E-state index is 0.306. The van der Waals surface area contributed by atoms with Crippen molar-refractivity contribution in [2.24, 2.45) is 0 Å². The number of halogens is 2. The van der Waals surface area contributed by atoms with Gasteiger partial charge in [0.15, 0.2) is 0 Å². The molecule has 0 saturated heterocycles. The molecule has 0 aromatic heterocycles. The Kier molecular flexibility index (Phi) is 4.02. The summed E-state index contributed by atoms with van der Waals surface area (Å²) in [5.41, 5.74) is 1.07. The first kappa shape index (κ1) is 8.06. The number of hydrogen-bond donors (Lipinski definition) is 0. The van der Waals surface area contributed by atoms with Crippen molar-refractivity contribution in [1.82, 2.24) is 0 Å². The molecule has 0 heterocycles. The molecule has 8 heavy (non-hydrogen) atoms. The lowest BCUT2D eigenvalue weighted by Gasteiger charge is -1.85. The second kappa shape index (κ2) is 3.99. The molecule has 0 aliphatic heterocycles. The van der Waals surface area contributed by atoms with Crippen molar-refractivity contribution in [3.05, 3.63) is 22.2 Å². The second-order valence-electron chi connectivity index (χ2n) is 1.47. The summed E-state index contributed by atoms with van der Waals surface area (Å²) in [5.74, 6) is 0. The van der Waals surface area contributed by atoms with E-state index in [1.54, 1.807) is 6.08 Å². The predicted molar refractivity (Wildman–Crippen MR) is 39.2 cm³/mol. The number of hydrogen-bond acceptors (Lipinski definition) is 0. The van der Waals surface area contributed by atoms with Gasteiger partial charge in [0, 0.05) is 0 Å². The molecule has 0 spiro atoms. The van der Waals surface area contributed by atoms with Gasteiger partial charge >= 0.3 is 0 Å². The maximum absolute atomic E-state index is 5.34. The lowest BCUT2D eigenvalue weighted by molar-refractivity contribution is 1.48. The predicted octanol–water partition coefficient (Wildman–Crippen LogP) is 3.27. The van der Waals surface area contributed by atoms with Gasteiger partial charge in [-0.15, -0.1) is 0 Å². The zero-order valence-electron chi connectivity index (χ0n) is 4.91. The van der Waals surface area contributed by atoms with Gasteiger partial charge in [-0.25, -0.2) is 0 Å². The zero-order chi connectivity index (χ0) is 6.57.